The van der Waals surface area contributed by atoms with Crippen molar-refractivity contribution in [3.8, 4) is 17.2 Å². The van der Waals surface area contributed by atoms with Crippen LogP contribution in [0.15, 0.2) is 42.5 Å². The second-order valence-corrected chi connectivity index (χ2v) is 6.60. The maximum absolute atomic E-state index is 5.75. The van der Waals surface area contributed by atoms with Crippen molar-refractivity contribution in [3.63, 3.8) is 0 Å². The molecule has 25 heavy (non-hydrogen) atoms. The van der Waals surface area contributed by atoms with Gasteiger partial charge in [0, 0.05) is 6.04 Å². The van der Waals surface area contributed by atoms with E-state index in [1.54, 1.807) is 14.2 Å². The summed E-state index contributed by atoms with van der Waals surface area (Å²) in [5.41, 5.74) is 2.31. The molecule has 0 amide bonds. The van der Waals surface area contributed by atoms with Crippen LogP contribution in [0.2, 0.25) is 0 Å². The van der Waals surface area contributed by atoms with Gasteiger partial charge in [-0.05, 0) is 63.1 Å². The molecule has 0 radical (unpaired) electrons. The van der Waals surface area contributed by atoms with Crippen LogP contribution in [0.4, 0.5) is 0 Å². The van der Waals surface area contributed by atoms with Crippen LogP contribution >= 0.6 is 0 Å². The van der Waals surface area contributed by atoms with Crippen molar-refractivity contribution < 1.29 is 14.2 Å². The molecule has 0 aliphatic carbocycles. The third kappa shape index (κ3) is 5.13. The molecular formula is C21H29NO3. The van der Waals surface area contributed by atoms with Gasteiger partial charge in [-0.25, -0.2) is 0 Å². The molecule has 0 aliphatic heterocycles. The Bertz CT molecular complexity index is 665. The first-order chi connectivity index (χ1) is 11.9. The van der Waals surface area contributed by atoms with Crippen LogP contribution in [-0.4, -0.2) is 26.4 Å². The minimum Gasteiger partial charge on any atom is -0.493 e. The van der Waals surface area contributed by atoms with E-state index in [1.807, 2.05) is 38.1 Å². The summed E-state index contributed by atoms with van der Waals surface area (Å²) in [5, 5.41) is 3.62. The summed E-state index contributed by atoms with van der Waals surface area (Å²) in [5.74, 6) is 2.35. The van der Waals surface area contributed by atoms with Crippen molar-refractivity contribution >= 4 is 0 Å². The summed E-state index contributed by atoms with van der Waals surface area (Å²) >= 11 is 0. The average Bonchev–Trinajstić information content (AvgIpc) is 2.59. The molecule has 0 spiro atoms. The van der Waals surface area contributed by atoms with Gasteiger partial charge in [0.1, 0.15) is 5.75 Å². The van der Waals surface area contributed by atoms with Crippen LogP contribution in [-0.2, 0) is 0 Å². The zero-order chi connectivity index (χ0) is 18.4. The number of nitrogens with one attached hydrogen (secondary N) is 1. The van der Waals surface area contributed by atoms with E-state index in [-0.39, 0.29) is 12.1 Å². The van der Waals surface area contributed by atoms with E-state index in [0.29, 0.717) is 6.04 Å². The smallest absolute Gasteiger partial charge is 0.161 e. The van der Waals surface area contributed by atoms with Gasteiger partial charge in [-0.15, -0.1) is 0 Å². The van der Waals surface area contributed by atoms with Gasteiger partial charge in [0.15, 0.2) is 11.5 Å². The fourth-order valence-electron chi connectivity index (χ4n) is 2.76. The highest BCUT2D eigenvalue weighted by Gasteiger charge is 2.17. The Balaban J connectivity index is 2.36. The molecule has 4 nitrogen and oxygen atoms in total. The van der Waals surface area contributed by atoms with Crippen molar-refractivity contribution in [2.75, 3.05) is 14.2 Å². The second-order valence-electron chi connectivity index (χ2n) is 6.60. The SMILES string of the molecule is COc1ccc(C(NC(C)C)c2ccc(OC(C)C)cc2)cc1OC. The highest BCUT2D eigenvalue weighted by molar-refractivity contribution is 5.46. The van der Waals surface area contributed by atoms with Crippen molar-refractivity contribution in [1.29, 1.82) is 0 Å². The highest BCUT2D eigenvalue weighted by atomic mass is 16.5. The number of benzene rings is 2. The molecule has 0 heterocycles. The molecule has 1 unspecified atom stereocenters. The van der Waals surface area contributed by atoms with Gasteiger partial charge >= 0.3 is 0 Å². The molecule has 2 aromatic rings. The van der Waals surface area contributed by atoms with Gasteiger partial charge in [0.2, 0.25) is 0 Å². The van der Waals surface area contributed by atoms with Crippen molar-refractivity contribution in [1.82, 2.24) is 5.32 Å². The van der Waals surface area contributed by atoms with Crippen LogP contribution < -0.4 is 19.5 Å². The lowest BCUT2D eigenvalue weighted by Gasteiger charge is -2.23. The summed E-state index contributed by atoms with van der Waals surface area (Å²) in [7, 11) is 3.30. The molecule has 0 fully saturated rings. The molecule has 0 saturated carbocycles. The summed E-state index contributed by atoms with van der Waals surface area (Å²) in [6, 6.07) is 14.7. The standard InChI is InChI=1S/C21H29NO3/c1-14(2)22-21(16-7-10-18(11-8-16)25-15(3)4)17-9-12-19(23-5)20(13-17)24-6/h7-15,21-22H,1-6H3. The molecule has 0 saturated heterocycles. The molecule has 0 aromatic heterocycles. The van der Waals surface area contributed by atoms with E-state index in [0.717, 1.165) is 22.8 Å². The summed E-state index contributed by atoms with van der Waals surface area (Å²) in [6.07, 6.45) is 0.168. The minimum atomic E-state index is 0.0629. The Hall–Kier alpha value is -2.20. The first kappa shape index (κ1) is 19.1. The van der Waals surface area contributed by atoms with E-state index < -0.39 is 0 Å². The molecule has 1 atom stereocenters. The van der Waals surface area contributed by atoms with Crippen molar-refractivity contribution in [3.05, 3.63) is 53.6 Å². The Morgan fingerprint density at radius 2 is 1.36 bits per heavy atom. The first-order valence-electron chi connectivity index (χ1n) is 8.69. The normalized spacial score (nSPS) is 12.3. The number of ether oxygens (including phenoxy) is 3. The minimum absolute atomic E-state index is 0.0629. The number of methoxy groups -OCH3 is 2. The summed E-state index contributed by atoms with van der Waals surface area (Å²) in [6.45, 7) is 8.34. The molecule has 4 heteroatoms. The van der Waals surface area contributed by atoms with Crippen LogP contribution in [0.5, 0.6) is 17.2 Å². The van der Waals surface area contributed by atoms with Gasteiger partial charge < -0.3 is 19.5 Å². The fraction of sp³-hybridized carbons (Fsp3) is 0.429. The predicted octanol–water partition coefficient (Wildman–Crippen LogP) is 4.58. The predicted molar refractivity (Wildman–Crippen MR) is 102 cm³/mol. The Morgan fingerprint density at radius 3 is 1.88 bits per heavy atom. The summed E-state index contributed by atoms with van der Waals surface area (Å²) in [4.78, 5) is 0. The maximum Gasteiger partial charge on any atom is 0.161 e. The highest BCUT2D eigenvalue weighted by Crippen LogP contribution is 2.33. The van der Waals surface area contributed by atoms with E-state index in [9.17, 15) is 0 Å². The van der Waals surface area contributed by atoms with E-state index in [2.05, 4.69) is 37.4 Å². The van der Waals surface area contributed by atoms with Gasteiger partial charge in [-0.2, -0.15) is 0 Å². The van der Waals surface area contributed by atoms with E-state index in [4.69, 9.17) is 14.2 Å². The van der Waals surface area contributed by atoms with Gasteiger partial charge in [0.25, 0.3) is 0 Å². The molecule has 2 aromatic carbocycles. The molecule has 0 aliphatic rings. The lowest BCUT2D eigenvalue weighted by atomic mass is 9.97. The molecule has 1 N–H and O–H groups in total. The number of hydrogen-bond donors (Lipinski definition) is 1. The topological polar surface area (TPSA) is 39.7 Å². The number of rotatable bonds is 8. The Kier molecular flexibility index (Phi) is 6.71. The fourth-order valence-corrected chi connectivity index (χ4v) is 2.76. The van der Waals surface area contributed by atoms with Crippen LogP contribution in [0.1, 0.15) is 44.9 Å². The third-order valence-electron chi connectivity index (χ3n) is 3.83. The molecule has 136 valence electrons. The van der Waals surface area contributed by atoms with Crippen LogP contribution in [0, 0.1) is 0 Å². The number of hydrogen-bond acceptors (Lipinski definition) is 4. The van der Waals surface area contributed by atoms with Gasteiger partial charge in [-0.1, -0.05) is 18.2 Å². The maximum atomic E-state index is 5.75. The molecule has 0 bridgehead atoms. The zero-order valence-corrected chi connectivity index (χ0v) is 16.0. The van der Waals surface area contributed by atoms with Crippen LogP contribution in [0.25, 0.3) is 0 Å². The van der Waals surface area contributed by atoms with E-state index >= 15 is 0 Å². The van der Waals surface area contributed by atoms with Crippen molar-refractivity contribution in [2.24, 2.45) is 0 Å². The van der Waals surface area contributed by atoms with E-state index in [1.165, 1.54) is 5.56 Å². The zero-order valence-electron chi connectivity index (χ0n) is 16.0. The largest absolute Gasteiger partial charge is 0.493 e. The Labute approximate surface area is 151 Å². The lowest BCUT2D eigenvalue weighted by molar-refractivity contribution is 0.242. The average molecular weight is 343 g/mol. The third-order valence-corrected chi connectivity index (χ3v) is 3.83. The van der Waals surface area contributed by atoms with Gasteiger partial charge in [0.05, 0.1) is 26.4 Å². The summed E-state index contributed by atoms with van der Waals surface area (Å²) < 4.78 is 16.6. The quantitative estimate of drug-likeness (QED) is 0.762. The van der Waals surface area contributed by atoms with Crippen LogP contribution in [0.3, 0.4) is 0 Å². The lowest BCUT2D eigenvalue weighted by Crippen LogP contribution is -2.29. The van der Waals surface area contributed by atoms with Gasteiger partial charge in [-0.3, -0.25) is 0 Å². The second kappa shape index (κ2) is 8.77. The molecule has 2 rings (SSSR count). The molecular weight excluding hydrogens is 314 g/mol. The monoisotopic (exact) mass is 343 g/mol. The van der Waals surface area contributed by atoms with Crippen molar-refractivity contribution in [2.45, 2.75) is 45.9 Å². The Morgan fingerprint density at radius 1 is 0.760 bits per heavy atom. The first-order valence-corrected chi connectivity index (χ1v) is 8.69.